The van der Waals surface area contributed by atoms with Crippen LogP contribution < -0.4 is 10.6 Å². The van der Waals surface area contributed by atoms with Crippen molar-refractivity contribution in [2.75, 3.05) is 17.7 Å². The molecule has 0 spiro atoms. The molecule has 1 aromatic carbocycles. The third-order valence-electron chi connectivity index (χ3n) is 2.21. The summed E-state index contributed by atoms with van der Waals surface area (Å²) in [5.74, 6) is 0.654. The minimum Gasteiger partial charge on any atom is -0.372 e. The van der Waals surface area contributed by atoms with Gasteiger partial charge in [0.25, 0.3) is 0 Å². The number of nitrogens with one attached hydrogen (secondary N) is 2. The van der Waals surface area contributed by atoms with Crippen molar-refractivity contribution < 1.29 is 4.39 Å². The van der Waals surface area contributed by atoms with Crippen LogP contribution >= 0.6 is 27.5 Å². The van der Waals surface area contributed by atoms with E-state index in [-0.39, 0.29) is 5.69 Å². The largest absolute Gasteiger partial charge is 0.372 e. The zero-order valence-electron chi connectivity index (χ0n) is 9.34. The standard InChI is InChI=1S/C11H9BrClFN4/c1-15-10-9(12)11(17-5-16-10)18-8-4-6(13)2-3-7(8)14/h2-5H,1H3,(H2,15,16,17,18). The highest BCUT2D eigenvalue weighted by Crippen LogP contribution is 2.30. The van der Waals surface area contributed by atoms with Crippen LogP contribution in [0.3, 0.4) is 0 Å². The minimum atomic E-state index is -0.407. The molecule has 0 radical (unpaired) electrons. The number of hydrogen-bond acceptors (Lipinski definition) is 4. The Hall–Kier alpha value is -1.40. The Balaban J connectivity index is 2.37. The molecule has 0 atom stereocenters. The van der Waals surface area contributed by atoms with Gasteiger partial charge in [-0.3, -0.25) is 0 Å². The van der Waals surface area contributed by atoms with Gasteiger partial charge in [-0.05, 0) is 34.1 Å². The van der Waals surface area contributed by atoms with Crippen LogP contribution in [0.15, 0.2) is 29.0 Å². The molecule has 0 saturated carbocycles. The van der Waals surface area contributed by atoms with Gasteiger partial charge in [-0.25, -0.2) is 14.4 Å². The quantitative estimate of drug-likeness (QED) is 0.898. The Labute approximate surface area is 117 Å². The summed E-state index contributed by atoms with van der Waals surface area (Å²) < 4.78 is 14.2. The van der Waals surface area contributed by atoms with Gasteiger partial charge in [-0.2, -0.15) is 0 Å². The van der Waals surface area contributed by atoms with Crippen LogP contribution in [0, 0.1) is 5.82 Å². The maximum Gasteiger partial charge on any atom is 0.150 e. The summed E-state index contributed by atoms with van der Waals surface area (Å²) in [5, 5.41) is 6.19. The average Bonchev–Trinajstić information content (AvgIpc) is 2.36. The summed E-state index contributed by atoms with van der Waals surface area (Å²) in [6, 6.07) is 4.26. The predicted molar refractivity (Wildman–Crippen MR) is 74.0 cm³/mol. The zero-order chi connectivity index (χ0) is 13.1. The van der Waals surface area contributed by atoms with Crippen LogP contribution in [0.25, 0.3) is 0 Å². The highest BCUT2D eigenvalue weighted by molar-refractivity contribution is 9.10. The van der Waals surface area contributed by atoms with E-state index in [0.29, 0.717) is 21.1 Å². The van der Waals surface area contributed by atoms with Gasteiger partial charge in [-0.15, -0.1) is 0 Å². The normalized spacial score (nSPS) is 10.2. The van der Waals surface area contributed by atoms with Gasteiger partial charge in [0, 0.05) is 12.1 Å². The molecule has 4 nitrogen and oxygen atoms in total. The summed E-state index contributed by atoms with van der Waals surface area (Å²) in [5.41, 5.74) is 0.254. The molecule has 0 aliphatic carbocycles. The SMILES string of the molecule is CNc1ncnc(Nc2cc(Cl)ccc2F)c1Br. The monoisotopic (exact) mass is 330 g/mol. The van der Waals surface area contributed by atoms with E-state index >= 15 is 0 Å². The van der Waals surface area contributed by atoms with Crippen molar-refractivity contribution in [3.05, 3.63) is 39.8 Å². The summed E-state index contributed by atoms with van der Waals surface area (Å²) >= 11 is 9.15. The molecule has 7 heteroatoms. The van der Waals surface area contributed by atoms with Gasteiger partial charge in [0.05, 0.1) is 5.69 Å². The second-order valence-electron chi connectivity index (χ2n) is 3.38. The van der Waals surface area contributed by atoms with E-state index in [0.717, 1.165) is 0 Å². The summed E-state index contributed by atoms with van der Waals surface area (Å²) in [6.45, 7) is 0. The van der Waals surface area contributed by atoms with Crippen LogP contribution in [-0.4, -0.2) is 17.0 Å². The minimum absolute atomic E-state index is 0.254. The van der Waals surface area contributed by atoms with E-state index in [1.54, 1.807) is 7.05 Å². The maximum atomic E-state index is 13.6. The Bertz CT molecular complexity index is 579. The number of benzene rings is 1. The Kier molecular flexibility index (Phi) is 3.98. The van der Waals surface area contributed by atoms with Gasteiger partial charge < -0.3 is 10.6 Å². The van der Waals surface area contributed by atoms with Gasteiger partial charge in [0.15, 0.2) is 0 Å². The first kappa shape index (κ1) is 13.0. The summed E-state index contributed by atoms with van der Waals surface area (Å²) in [7, 11) is 1.73. The van der Waals surface area contributed by atoms with Gasteiger partial charge in [0.1, 0.15) is 28.3 Å². The van der Waals surface area contributed by atoms with Gasteiger partial charge in [0.2, 0.25) is 0 Å². The van der Waals surface area contributed by atoms with Crippen LogP contribution in [0.4, 0.5) is 21.7 Å². The molecular formula is C11H9BrClFN4. The Morgan fingerprint density at radius 2 is 2.00 bits per heavy atom. The van der Waals surface area contributed by atoms with E-state index in [1.807, 2.05) is 0 Å². The van der Waals surface area contributed by atoms with E-state index in [1.165, 1.54) is 24.5 Å². The molecule has 1 heterocycles. The number of halogens is 3. The molecule has 0 aliphatic rings. The molecule has 2 aromatic rings. The van der Waals surface area contributed by atoms with E-state index in [9.17, 15) is 4.39 Å². The fraction of sp³-hybridized carbons (Fsp3) is 0.0909. The van der Waals surface area contributed by atoms with Crippen LogP contribution in [0.2, 0.25) is 5.02 Å². The fourth-order valence-corrected chi connectivity index (χ4v) is 2.03. The van der Waals surface area contributed by atoms with Crippen molar-refractivity contribution in [3.8, 4) is 0 Å². The highest BCUT2D eigenvalue weighted by atomic mass is 79.9. The van der Waals surface area contributed by atoms with E-state index < -0.39 is 5.82 Å². The van der Waals surface area contributed by atoms with Gasteiger partial charge >= 0.3 is 0 Å². The lowest BCUT2D eigenvalue weighted by Crippen LogP contribution is -2.01. The zero-order valence-corrected chi connectivity index (χ0v) is 11.7. The number of rotatable bonds is 3. The second kappa shape index (κ2) is 5.49. The lowest BCUT2D eigenvalue weighted by molar-refractivity contribution is 0.632. The first-order valence-electron chi connectivity index (χ1n) is 5.02. The number of nitrogens with zero attached hydrogens (tertiary/aromatic N) is 2. The molecule has 0 aliphatic heterocycles. The molecule has 18 heavy (non-hydrogen) atoms. The van der Waals surface area contributed by atoms with E-state index in [2.05, 4.69) is 36.5 Å². The van der Waals surface area contributed by atoms with Crippen LogP contribution in [0.1, 0.15) is 0 Å². The van der Waals surface area contributed by atoms with Crippen molar-refractivity contribution in [2.24, 2.45) is 0 Å². The Morgan fingerprint density at radius 3 is 2.72 bits per heavy atom. The van der Waals surface area contributed by atoms with E-state index in [4.69, 9.17) is 11.6 Å². The number of anilines is 3. The molecule has 2 rings (SSSR count). The fourth-order valence-electron chi connectivity index (χ4n) is 1.35. The lowest BCUT2D eigenvalue weighted by Gasteiger charge is -2.10. The molecule has 94 valence electrons. The molecule has 0 saturated heterocycles. The number of aromatic nitrogens is 2. The first-order chi connectivity index (χ1) is 8.61. The predicted octanol–water partition coefficient (Wildman–Crippen LogP) is 3.82. The molecule has 0 unspecified atom stereocenters. The molecule has 1 aromatic heterocycles. The van der Waals surface area contributed by atoms with Crippen molar-refractivity contribution >= 4 is 44.9 Å². The van der Waals surface area contributed by atoms with Crippen molar-refractivity contribution in [2.45, 2.75) is 0 Å². The topological polar surface area (TPSA) is 49.8 Å². The molecule has 0 fully saturated rings. The summed E-state index contributed by atoms with van der Waals surface area (Å²) in [6.07, 6.45) is 1.38. The van der Waals surface area contributed by atoms with Crippen molar-refractivity contribution in [1.82, 2.24) is 9.97 Å². The van der Waals surface area contributed by atoms with Gasteiger partial charge in [-0.1, -0.05) is 11.6 Å². The second-order valence-corrected chi connectivity index (χ2v) is 4.61. The third kappa shape index (κ3) is 2.70. The lowest BCUT2D eigenvalue weighted by atomic mass is 10.3. The first-order valence-corrected chi connectivity index (χ1v) is 6.19. The van der Waals surface area contributed by atoms with Crippen LogP contribution in [-0.2, 0) is 0 Å². The maximum absolute atomic E-state index is 13.6. The number of hydrogen-bond donors (Lipinski definition) is 2. The third-order valence-corrected chi connectivity index (χ3v) is 3.19. The van der Waals surface area contributed by atoms with Crippen LogP contribution in [0.5, 0.6) is 0 Å². The van der Waals surface area contributed by atoms with Crippen molar-refractivity contribution in [3.63, 3.8) is 0 Å². The Morgan fingerprint density at radius 1 is 1.28 bits per heavy atom. The van der Waals surface area contributed by atoms with Crippen molar-refractivity contribution in [1.29, 1.82) is 0 Å². The highest BCUT2D eigenvalue weighted by Gasteiger charge is 2.10. The molecule has 0 amide bonds. The molecule has 0 bridgehead atoms. The molecular weight excluding hydrogens is 323 g/mol. The smallest absolute Gasteiger partial charge is 0.150 e. The summed E-state index contributed by atoms with van der Waals surface area (Å²) in [4.78, 5) is 8.04. The molecule has 2 N–H and O–H groups in total. The average molecular weight is 332 g/mol.